The number of fused-ring (bicyclic) bond motifs is 14. The lowest BCUT2D eigenvalue weighted by Crippen LogP contribution is -2.25. The van der Waals surface area contributed by atoms with Crippen LogP contribution in [0.25, 0.3) is 99.5 Å². The molecule has 282 valence electrons. The lowest BCUT2D eigenvalue weighted by atomic mass is 9.70. The van der Waals surface area contributed by atoms with Crippen LogP contribution in [0.15, 0.2) is 219 Å². The lowest BCUT2D eigenvalue weighted by Gasteiger charge is -2.30. The van der Waals surface area contributed by atoms with E-state index in [1.165, 1.54) is 88.3 Å². The number of pyridine rings is 2. The molecule has 1 spiro atoms. The van der Waals surface area contributed by atoms with Gasteiger partial charge in [-0.2, -0.15) is 0 Å². The molecule has 0 unspecified atom stereocenters. The second-order valence-electron chi connectivity index (χ2n) is 16.4. The van der Waals surface area contributed by atoms with Crippen molar-refractivity contribution in [2.24, 2.45) is 0 Å². The third-order valence-corrected chi connectivity index (χ3v) is 13.3. The van der Waals surface area contributed by atoms with Crippen LogP contribution in [0.4, 0.5) is 0 Å². The number of nitrogens with zero attached hydrogens (tertiary/aromatic N) is 2. The van der Waals surface area contributed by atoms with Crippen molar-refractivity contribution in [3.63, 3.8) is 0 Å². The summed E-state index contributed by atoms with van der Waals surface area (Å²) >= 11 is 0. The summed E-state index contributed by atoms with van der Waals surface area (Å²) in [7, 11) is 0. The van der Waals surface area contributed by atoms with Crippen LogP contribution in [0.5, 0.6) is 0 Å². The normalized spacial score (nSPS) is 13.0. The molecule has 2 heteroatoms. The van der Waals surface area contributed by atoms with Crippen molar-refractivity contribution < 1.29 is 0 Å². The molecular formula is C59H36N2. The van der Waals surface area contributed by atoms with Gasteiger partial charge in [0.05, 0.1) is 22.3 Å². The van der Waals surface area contributed by atoms with Crippen molar-refractivity contribution >= 4 is 32.4 Å². The Morgan fingerprint density at radius 3 is 1.44 bits per heavy atom. The molecule has 2 aliphatic carbocycles. The van der Waals surface area contributed by atoms with Crippen LogP contribution in [0.1, 0.15) is 22.3 Å². The second kappa shape index (κ2) is 13.0. The van der Waals surface area contributed by atoms with Crippen LogP contribution >= 0.6 is 0 Å². The number of para-hydroxylation sites is 1. The van der Waals surface area contributed by atoms with E-state index in [2.05, 4.69) is 193 Å². The highest BCUT2D eigenvalue weighted by molar-refractivity contribution is 6.09. The number of aromatic nitrogens is 2. The van der Waals surface area contributed by atoms with Crippen LogP contribution in [0.2, 0.25) is 0 Å². The monoisotopic (exact) mass is 772 g/mol. The summed E-state index contributed by atoms with van der Waals surface area (Å²) in [6, 6.07) is 78.1. The van der Waals surface area contributed by atoms with Gasteiger partial charge in [-0.25, -0.2) is 4.98 Å². The molecule has 13 rings (SSSR count). The van der Waals surface area contributed by atoms with Gasteiger partial charge in [0.1, 0.15) is 0 Å². The smallest absolute Gasteiger partial charge is 0.0900 e. The van der Waals surface area contributed by atoms with Crippen molar-refractivity contribution in [1.29, 1.82) is 0 Å². The van der Waals surface area contributed by atoms with Crippen LogP contribution in [-0.4, -0.2) is 9.97 Å². The van der Waals surface area contributed by atoms with Gasteiger partial charge >= 0.3 is 0 Å². The first kappa shape index (κ1) is 34.0. The van der Waals surface area contributed by atoms with Gasteiger partial charge in [0, 0.05) is 11.6 Å². The molecule has 0 fully saturated rings. The Labute approximate surface area is 354 Å². The molecule has 0 N–H and O–H groups in total. The lowest BCUT2D eigenvalue weighted by molar-refractivity contribution is 0.794. The van der Waals surface area contributed by atoms with E-state index < -0.39 is 0 Å². The van der Waals surface area contributed by atoms with Gasteiger partial charge in [-0.1, -0.05) is 170 Å². The summed E-state index contributed by atoms with van der Waals surface area (Å²) in [4.78, 5) is 9.54. The van der Waals surface area contributed by atoms with E-state index in [-0.39, 0.29) is 5.41 Å². The topological polar surface area (TPSA) is 25.8 Å². The first-order valence-electron chi connectivity index (χ1n) is 21.1. The van der Waals surface area contributed by atoms with E-state index in [9.17, 15) is 0 Å². The summed E-state index contributed by atoms with van der Waals surface area (Å²) < 4.78 is 0. The molecule has 2 aliphatic rings. The summed E-state index contributed by atoms with van der Waals surface area (Å²) in [5.41, 5.74) is 20.3. The minimum absolute atomic E-state index is 0.350. The predicted molar refractivity (Wildman–Crippen MR) is 253 cm³/mol. The number of rotatable bonds is 4. The Hall–Kier alpha value is -7.94. The Bertz CT molecular complexity index is 3520. The molecule has 0 radical (unpaired) electrons. The summed E-state index contributed by atoms with van der Waals surface area (Å²) in [6.07, 6.45) is 1.82. The molecule has 0 saturated heterocycles. The van der Waals surface area contributed by atoms with E-state index in [1.54, 1.807) is 0 Å². The Balaban J connectivity index is 0.862. The zero-order chi connectivity index (χ0) is 40.1. The van der Waals surface area contributed by atoms with Crippen molar-refractivity contribution in [1.82, 2.24) is 9.97 Å². The fraction of sp³-hybridized carbons (Fsp3) is 0.0169. The number of benzene rings is 9. The van der Waals surface area contributed by atoms with Gasteiger partial charge in [0.2, 0.25) is 0 Å². The second-order valence-corrected chi connectivity index (χ2v) is 16.4. The maximum absolute atomic E-state index is 4.95. The van der Waals surface area contributed by atoms with Crippen molar-refractivity contribution in [3.8, 4) is 67.0 Å². The van der Waals surface area contributed by atoms with E-state index in [1.807, 2.05) is 30.5 Å². The average Bonchev–Trinajstić information content (AvgIpc) is 3.81. The van der Waals surface area contributed by atoms with Crippen molar-refractivity contribution in [3.05, 3.63) is 241 Å². The molecule has 2 nitrogen and oxygen atoms in total. The van der Waals surface area contributed by atoms with Crippen LogP contribution in [-0.2, 0) is 5.41 Å². The summed E-state index contributed by atoms with van der Waals surface area (Å²) in [5.74, 6) is 0. The van der Waals surface area contributed by atoms with Gasteiger partial charge in [-0.3, -0.25) is 4.98 Å². The predicted octanol–water partition coefficient (Wildman–Crippen LogP) is 14.9. The Morgan fingerprint density at radius 1 is 0.295 bits per heavy atom. The third kappa shape index (κ3) is 4.97. The number of hydrogen-bond donors (Lipinski definition) is 0. The molecule has 0 aliphatic heterocycles. The van der Waals surface area contributed by atoms with E-state index in [4.69, 9.17) is 4.98 Å². The van der Waals surface area contributed by atoms with Gasteiger partial charge in [-0.05, 0) is 142 Å². The van der Waals surface area contributed by atoms with Crippen molar-refractivity contribution in [2.45, 2.75) is 5.41 Å². The first-order chi connectivity index (χ1) is 30.2. The number of hydrogen-bond acceptors (Lipinski definition) is 2. The van der Waals surface area contributed by atoms with E-state index in [0.29, 0.717) is 0 Å². The van der Waals surface area contributed by atoms with Gasteiger partial charge < -0.3 is 0 Å². The minimum atomic E-state index is -0.350. The molecule has 61 heavy (non-hydrogen) atoms. The van der Waals surface area contributed by atoms with Crippen LogP contribution in [0, 0.1) is 0 Å². The maximum atomic E-state index is 4.95. The molecular weight excluding hydrogens is 737 g/mol. The highest BCUT2D eigenvalue weighted by atomic mass is 14.8. The minimum Gasteiger partial charge on any atom is -0.255 e. The molecule has 9 aromatic carbocycles. The zero-order valence-electron chi connectivity index (χ0n) is 33.2. The first-order valence-corrected chi connectivity index (χ1v) is 21.1. The molecule has 0 saturated carbocycles. The Kier molecular flexibility index (Phi) is 7.26. The highest BCUT2D eigenvalue weighted by Gasteiger charge is 2.51. The zero-order valence-corrected chi connectivity index (χ0v) is 33.2. The van der Waals surface area contributed by atoms with Crippen LogP contribution in [0.3, 0.4) is 0 Å². The van der Waals surface area contributed by atoms with Gasteiger partial charge in [0.15, 0.2) is 0 Å². The average molecular weight is 773 g/mol. The molecule has 2 aromatic heterocycles. The molecule has 0 bridgehead atoms. The fourth-order valence-corrected chi connectivity index (χ4v) is 10.6. The molecule has 0 amide bonds. The fourth-order valence-electron chi connectivity index (χ4n) is 10.6. The van der Waals surface area contributed by atoms with E-state index >= 15 is 0 Å². The summed E-state index contributed by atoms with van der Waals surface area (Å²) in [5, 5.41) is 6.13. The standard InChI is InChI=1S/C59H36N2/c1-5-15-52-46(11-1)47-12-2-6-16-53(47)59(52)54-17-7-3-13-48(54)49-31-28-41(35-55(49)59)40-27-30-45-43(34-40)25-24-42-33-39(26-29-44(42)45)37-20-22-38(23-21-37)51-36-58(57-19-9-10-32-60-57)61-56-18-8-4-14-50(51)56/h1-36H. The molecule has 2 heterocycles. The largest absolute Gasteiger partial charge is 0.255 e. The SMILES string of the molecule is c1ccc(-c2cc(-c3ccc(-c4ccc5c(ccc6cc(-c7ccc8c(c7)C7(c9ccccc9-c9ccccc97)c7ccccc7-8)ccc65)c4)cc3)c3ccccc3n2)nc1. The molecule has 11 aromatic rings. The molecule has 0 atom stereocenters. The van der Waals surface area contributed by atoms with E-state index in [0.717, 1.165) is 33.4 Å². The Morgan fingerprint density at radius 2 is 0.803 bits per heavy atom. The summed E-state index contributed by atoms with van der Waals surface area (Å²) in [6.45, 7) is 0. The third-order valence-electron chi connectivity index (χ3n) is 13.3. The highest BCUT2D eigenvalue weighted by Crippen LogP contribution is 2.63. The maximum Gasteiger partial charge on any atom is 0.0900 e. The van der Waals surface area contributed by atoms with Crippen molar-refractivity contribution in [2.75, 3.05) is 0 Å². The van der Waals surface area contributed by atoms with Gasteiger partial charge in [-0.15, -0.1) is 0 Å². The quantitative estimate of drug-likeness (QED) is 0.167. The van der Waals surface area contributed by atoms with Gasteiger partial charge in [0.25, 0.3) is 0 Å². The van der Waals surface area contributed by atoms with Crippen LogP contribution < -0.4 is 0 Å².